The SMILES string of the molecule is Cc1nc2cc(SN(C)c3ccc(C4CNCC(C(=O)Nc5ccc(C(F)(F)F)cc5F)C4)cc3)ccc2n1C.O=CO. The number of aryl methyl sites for hydroxylation is 2. The van der Waals surface area contributed by atoms with Crippen molar-refractivity contribution in [3.05, 3.63) is 83.4 Å². The van der Waals surface area contributed by atoms with E-state index in [0.717, 1.165) is 45.1 Å². The van der Waals surface area contributed by atoms with E-state index in [0.29, 0.717) is 25.6 Å². The van der Waals surface area contributed by atoms with E-state index < -0.39 is 29.4 Å². The maximum Gasteiger partial charge on any atom is 0.416 e. The van der Waals surface area contributed by atoms with Gasteiger partial charge in [-0.3, -0.25) is 9.59 Å². The van der Waals surface area contributed by atoms with E-state index in [-0.39, 0.29) is 18.1 Å². The minimum Gasteiger partial charge on any atom is -0.483 e. The summed E-state index contributed by atoms with van der Waals surface area (Å²) in [5.74, 6) is -0.975. The molecule has 4 aromatic rings. The zero-order chi connectivity index (χ0) is 31.3. The Morgan fingerprint density at radius 3 is 2.49 bits per heavy atom. The van der Waals surface area contributed by atoms with Gasteiger partial charge in [0.15, 0.2) is 0 Å². The van der Waals surface area contributed by atoms with Crippen molar-refractivity contribution < 1.29 is 32.3 Å². The lowest BCUT2D eigenvalue weighted by Crippen LogP contribution is -2.41. The molecule has 2 unspecified atom stereocenters. The first-order chi connectivity index (χ1) is 20.4. The predicted octanol–water partition coefficient (Wildman–Crippen LogP) is 6.22. The molecule has 1 aliphatic heterocycles. The number of imidazole rings is 1. The first-order valence-electron chi connectivity index (χ1n) is 13.3. The number of nitrogens with zero attached hydrogens (tertiary/aromatic N) is 3. The Labute approximate surface area is 250 Å². The van der Waals surface area contributed by atoms with Crippen molar-refractivity contribution in [2.24, 2.45) is 13.0 Å². The van der Waals surface area contributed by atoms with Crippen molar-refractivity contribution in [1.82, 2.24) is 14.9 Å². The minimum absolute atomic E-state index is 0.0590. The van der Waals surface area contributed by atoms with Crippen molar-refractivity contribution in [2.75, 3.05) is 29.8 Å². The van der Waals surface area contributed by atoms with Crippen molar-refractivity contribution in [1.29, 1.82) is 0 Å². The van der Waals surface area contributed by atoms with Gasteiger partial charge in [0.25, 0.3) is 6.47 Å². The lowest BCUT2D eigenvalue weighted by molar-refractivity contribution is -0.137. The van der Waals surface area contributed by atoms with E-state index >= 15 is 0 Å². The Bertz CT molecular complexity index is 1590. The average molecular weight is 618 g/mol. The van der Waals surface area contributed by atoms with Crippen molar-refractivity contribution in [2.45, 2.75) is 30.3 Å². The fourth-order valence-electron chi connectivity index (χ4n) is 4.95. The maximum atomic E-state index is 14.2. The molecule has 13 heteroatoms. The maximum absolute atomic E-state index is 14.2. The molecular weight excluding hydrogens is 586 g/mol. The molecule has 1 fully saturated rings. The predicted molar refractivity (Wildman–Crippen MR) is 159 cm³/mol. The number of amides is 1. The highest BCUT2D eigenvalue weighted by Gasteiger charge is 2.32. The van der Waals surface area contributed by atoms with Crippen LogP contribution in [-0.4, -0.2) is 47.2 Å². The third-order valence-corrected chi connectivity index (χ3v) is 8.27. The van der Waals surface area contributed by atoms with E-state index in [9.17, 15) is 22.4 Å². The van der Waals surface area contributed by atoms with Gasteiger partial charge in [-0.1, -0.05) is 12.1 Å². The van der Waals surface area contributed by atoms with Crippen LogP contribution in [-0.2, 0) is 22.8 Å². The van der Waals surface area contributed by atoms with E-state index in [1.807, 2.05) is 45.3 Å². The molecule has 0 radical (unpaired) electrons. The first kappa shape index (κ1) is 31.8. The number of carbonyl (C=O) groups is 2. The van der Waals surface area contributed by atoms with Crippen LogP contribution in [0.15, 0.2) is 65.6 Å². The molecule has 2 atom stereocenters. The summed E-state index contributed by atoms with van der Waals surface area (Å²) in [4.78, 5) is 26.9. The summed E-state index contributed by atoms with van der Waals surface area (Å²) in [5, 5.41) is 12.6. The summed E-state index contributed by atoms with van der Waals surface area (Å²) in [6, 6.07) is 16.5. The Balaban J connectivity index is 0.00000135. The largest absolute Gasteiger partial charge is 0.483 e. The summed E-state index contributed by atoms with van der Waals surface area (Å²) in [6.45, 7) is 2.82. The zero-order valence-corrected chi connectivity index (χ0v) is 24.5. The number of rotatable bonds is 6. The molecule has 228 valence electrons. The van der Waals surface area contributed by atoms with Gasteiger partial charge in [0.2, 0.25) is 5.91 Å². The lowest BCUT2D eigenvalue weighted by atomic mass is 9.85. The molecule has 1 aliphatic rings. The number of piperidine rings is 1. The molecule has 0 saturated carbocycles. The van der Waals surface area contributed by atoms with Crippen LogP contribution in [0.1, 0.15) is 29.3 Å². The number of alkyl halides is 3. The number of halogens is 4. The van der Waals surface area contributed by atoms with Gasteiger partial charge in [-0.15, -0.1) is 0 Å². The molecule has 1 saturated heterocycles. The van der Waals surface area contributed by atoms with Crippen LogP contribution in [0.2, 0.25) is 0 Å². The number of carboxylic acid groups (broad SMARTS) is 1. The molecule has 43 heavy (non-hydrogen) atoms. The first-order valence-corrected chi connectivity index (χ1v) is 14.1. The number of hydrogen-bond acceptors (Lipinski definition) is 6. The van der Waals surface area contributed by atoms with Crippen LogP contribution in [0.4, 0.5) is 28.9 Å². The van der Waals surface area contributed by atoms with Gasteiger partial charge in [0.1, 0.15) is 11.6 Å². The monoisotopic (exact) mass is 617 g/mol. The third kappa shape index (κ3) is 7.65. The van der Waals surface area contributed by atoms with Gasteiger partial charge in [-0.25, -0.2) is 9.37 Å². The van der Waals surface area contributed by atoms with Crippen LogP contribution in [0, 0.1) is 18.7 Å². The molecule has 0 aliphatic carbocycles. The highest BCUT2D eigenvalue weighted by molar-refractivity contribution is 8.00. The molecule has 0 spiro atoms. The Morgan fingerprint density at radius 1 is 1.14 bits per heavy atom. The van der Waals surface area contributed by atoms with Crippen molar-refractivity contribution in [3.8, 4) is 0 Å². The number of hydrogen-bond donors (Lipinski definition) is 3. The van der Waals surface area contributed by atoms with Crippen molar-refractivity contribution in [3.63, 3.8) is 0 Å². The van der Waals surface area contributed by atoms with E-state index in [2.05, 4.69) is 42.7 Å². The van der Waals surface area contributed by atoms with Crippen LogP contribution >= 0.6 is 11.9 Å². The van der Waals surface area contributed by atoms with Crippen LogP contribution in [0.3, 0.4) is 0 Å². The number of benzene rings is 3. The molecule has 3 N–H and O–H groups in total. The standard InChI is InChI=1S/C29H29F4N5OS.CH2O2/c1-17-35-26-14-23(9-11-27(26)37(17)2)40-38(3)22-7-4-18(5-8-22)19-12-20(16-34-15-19)28(39)36-25-10-6-21(13-24(25)30)29(31,32)33;2-1-3/h4-11,13-14,19-20,34H,12,15-16H2,1-3H3,(H,36,39);1H,(H,2,3). The normalized spacial score (nSPS) is 16.7. The third-order valence-electron chi connectivity index (χ3n) is 7.32. The van der Waals surface area contributed by atoms with Crippen LogP contribution < -0.4 is 14.9 Å². The number of fused-ring (bicyclic) bond motifs is 1. The molecule has 1 amide bonds. The fraction of sp³-hybridized carbons (Fsp3) is 0.300. The topological polar surface area (TPSA) is 99.5 Å². The zero-order valence-electron chi connectivity index (χ0n) is 23.7. The second-order valence-corrected chi connectivity index (χ2v) is 11.3. The number of anilines is 2. The van der Waals surface area contributed by atoms with Crippen LogP contribution in [0.5, 0.6) is 0 Å². The molecule has 2 heterocycles. The van der Waals surface area contributed by atoms with E-state index in [1.165, 1.54) is 0 Å². The van der Waals surface area contributed by atoms with Gasteiger partial charge in [-0.05, 0) is 85.3 Å². The van der Waals surface area contributed by atoms with Gasteiger partial charge < -0.3 is 24.6 Å². The quantitative estimate of drug-likeness (QED) is 0.134. The molecule has 3 aromatic carbocycles. The van der Waals surface area contributed by atoms with Gasteiger partial charge in [-0.2, -0.15) is 13.2 Å². The lowest BCUT2D eigenvalue weighted by Gasteiger charge is -2.30. The van der Waals surface area contributed by atoms with E-state index in [1.54, 1.807) is 11.9 Å². The molecular formula is C30H31F4N5O3S. The smallest absolute Gasteiger partial charge is 0.416 e. The second-order valence-electron chi connectivity index (χ2n) is 10.1. The summed E-state index contributed by atoms with van der Waals surface area (Å²) in [6.07, 6.45) is -4.12. The Morgan fingerprint density at radius 2 is 1.84 bits per heavy atom. The van der Waals surface area contributed by atoms with Gasteiger partial charge >= 0.3 is 6.18 Å². The number of carbonyl (C=O) groups excluding carboxylic acids is 1. The molecule has 1 aromatic heterocycles. The summed E-state index contributed by atoms with van der Waals surface area (Å²) >= 11 is 1.60. The number of aromatic nitrogens is 2. The molecule has 8 nitrogen and oxygen atoms in total. The summed E-state index contributed by atoms with van der Waals surface area (Å²) in [7, 11) is 4.00. The highest BCUT2D eigenvalue weighted by Crippen LogP contribution is 2.34. The molecule has 0 bridgehead atoms. The van der Waals surface area contributed by atoms with Gasteiger partial charge in [0.05, 0.1) is 28.2 Å². The summed E-state index contributed by atoms with van der Waals surface area (Å²) in [5.41, 5.74) is 2.77. The van der Waals surface area contributed by atoms with Gasteiger partial charge in [0, 0.05) is 37.8 Å². The second kappa shape index (κ2) is 13.5. The molecule has 5 rings (SSSR count). The van der Waals surface area contributed by atoms with Crippen LogP contribution in [0.25, 0.3) is 11.0 Å². The fourth-order valence-corrected chi connectivity index (χ4v) is 5.78. The minimum atomic E-state index is -4.65. The Kier molecular flexibility index (Phi) is 9.97. The average Bonchev–Trinajstić information content (AvgIpc) is 3.26. The number of nitrogens with one attached hydrogen (secondary N) is 2. The van der Waals surface area contributed by atoms with Crippen molar-refractivity contribution >= 4 is 46.7 Å². The summed E-state index contributed by atoms with van der Waals surface area (Å²) < 4.78 is 56.8. The Hall–Kier alpha value is -4.10. The highest BCUT2D eigenvalue weighted by atomic mass is 32.2. The van der Waals surface area contributed by atoms with E-state index in [4.69, 9.17) is 9.90 Å².